The van der Waals surface area contributed by atoms with Crippen molar-refractivity contribution in [1.29, 1.82) is 0 Å². The summed E-state index contributed by atoms with van der Waals surface area (Å²) in [5.74, 6) is -0.496. The number of hydrogen-bond donors (Lipinski definition) is 0. The Hall–Kier alpha value is -1.16. The molecule has 1 heterocycles. The van der Waals surface area contributed by atoms with E-state index in [4.69, 9.17) is 9.47 Å². The Bertz CT molecular complexity index is 244. The molecule has 0 N–H and O–H groups in total. The van der Waals surface area contributed by atoms with Crippen LogP contribution in [0.2, 0.25) is 0 Å². The van der Waals surface area contributed by atoms with Crippen LogP contribution in [0.25, 0.3) is 0 Å². The topological polar surface area (TPSA) is 52.6 Å². The Morgan fingerprint density at radius 2 is 2.38 bits per heavy atom. The highest BCUT2D eigenvalue weighted by Crippen LogP contribution is 2.13. The van der Waals surface area contributed by atoms with Crippen molar-refractivity contribution in [2.45, 2.75) is 32.7 Å². The highest BCUT2D eigenvalue weighted by molar-refractivity contribution is 5.94. The molecule has 0 saturated heterocycles. The van der Waals surface area contributed by atoms with Crippen LogP contribution in [0.5, 0.6) is 0 Å². The first kappa shape index (κ1) is 9.92. The third-order valence-electron chi connectivity index (χ3n) is 1.69. The zero-order chi connectivity index (χ0) is 9.84. The summed E-state index contributed by atoms with van der Waals surface area (Å²) >= 11 is 0. The molecule has 0 fully saturated rings. The summed E-state index contributed by atoms with van der Waals surface area (Å²) < 4.78 is 9.95. The quantitative estimate of drug-likeness (QED) is 0.596. The molecule has 0 unspecified atom stereocenters. The molecule has 1 rings (SSSR count). The minimum absolute atomic E-state index is 0.0779. The van der Waals surface area contributed by atoms with Crippen LogP contribution in [0.4, 0.5) is 0 Å². The number of esters is 1. The van der Waals surface area contributed by atoms with Gasteiger partial charge in [0.2, 0.25) is 6.29 Å². The fraction of sp³-hybridized carbons (Fsp3) is 0.556. The third-order valence-corrected chi connectivity index (χ3v) is 1.69. The zero-order valence-corrected chi connectivity index (χ0v) is 7.65. The highest BCUT2D eigenvalue weighted by Gasteiger charge is 2.24. The molecule has 0 aliphatic carbocycles. The van der Waals surface area contributed by atoms with Gasteiger partial charge in [-0.15, -0.1) is 0 Å². The number of carbonyl (C=O) groups excluding carboxylic acids is 2. The molecule has 0 amide bonds. The van der Waals surface area contributed by atoms with Gasteiger partial charge in [-0.1, -0.05) is 6.92 Å². The van der Waals surface area contributed by atoms with Gasteiger partial charge in [0.25, 0.3) is 0 Å². The van der Waals surface area contributed by atoms with E-state index in [1.807, 2.05) is 6.92 Å². The van der Waals surface area contributed by atoms with Gasteiger partial charge >= 0.3 is 5.97 Å². The SMILES string of the molecule is CC[C@H]1O[C@@H](OC(C)=O)C=CC1=O. The van der Waals surface area contributed by atoms with E-state index in [-0.39, 0.29) is 5.78 Å². The smallest absolute Gasteiger partial charge is 0.305 e. The summed E-state index contributed by atoms with van der Waals surface area (Å²) in [4.78, 5) is 21.7. The van der Waals surface area contributed by atoms with Crippen LogP contribution < -0.4 is 0 Å². The molecule has 1 aliphatic heterocycles. The number of ketones is 1. The summed E-state index contributed by atoms with van der Waals surface area (Å²) in [6.45, 7) is 3.14. The Morgan fingerprint density at radius 3 is 2.92 bits per heavy atom. The average molecular weight is 184 g/mol. The van der Waals surface area contributed by atoms with E-state index in [9.17, 15) is 9.59 Å². The summed E-state index contributed by atoms with van der Waals surface area (Å²) in [5.41, 5.74) is 0. The summed E-state index contributed by atoms with van der Waals surface area (Å²) in [6.07, 6.45) is 2.23. The molecule has 0 spiro atoms. The van der Waals surface area contributed by atoms with E-state index in [2.05, 4.69) is 0 Å². The maximum atomic E-state index is 11.1. The standard InChI is InChI=1S/C9H12O4/c1-3-8-7(11)4-5-9(13-8)12-6(2)10/h4-5,8-9H,3H2,1-2H3/t8-,9-/m1/s1. The van der Waals surface area contributed by atoms with E-state index >= 15 is 0 Å². The molecule has 0 radical (unpaired) electrons. The first-order valence-corrected chi connectivity index (χ1v) is 4.18. The van der Waals surface area contributed by atoms with Gasteiger partial charge in [0.05, 0.1) is 0 Å². The highest BCUT2D eigenvalue weighted by atomic mass is 16.7. The molecule has 0 aromatic carbocycles. The van der Waals surface area contributed by atoms with Crippen LogP contribution in [-0.2, 0) is 19.1 Å². The fourth-order valence-electron chi connectivity index (χ4n) is 1.08. The lowest BCUT2D eigenvalue weighted by Gasteiger charge is -2.23. The van der Waals surface area contributed by atoms with Crippen molar-refractivity contribution >= 4 is 11.8 Å². The lowest BCUT2D eigenvalue weighted by atomic mass is 10.1. The maximum absolute atomic E-state index is 11.1. The average Bonchev–Trinajstić information content (AvgIpc) is 2.07. The maximum Gasteiger partial charge on any atom is 0.305 e. The van der Waals surface area contributed by atoms with Crippen LogP contribution in [0, 0.1) is 0 Å². The van der Waals surface area contributed by atoms with E-state index in [1.165, 1.54) is 19.1 Å². The Kier molecular flexibility index (Phi) is 3.19. The monoisotopic (exact) mass is 184 g/mol. The van der Waals surface area contributed by atoms with Crippen LogP contribution in [0.1, 0.15) is 20.3 Å². The second kappa shape index (κ2) is 4.18. The summed E-state index contributed by atoms with van der Waals surface area (Å²) in [5, 5.41) is 0. The largest absolute Gasteiger partial charge is 0.432 e. The predicted molar refractivity (Wildman–Crippen MR) is 44.9 cm³/mol. The molecule has 0 saturated carbocycles. The van der Waals surface area contributed by atoms with Gasteiger partial charge in [-0.2, -0.15) is 0 Å². The lowest BCUT2D eigenvalue weighted by molar-refractivity contribution is -0.180. The van der Waals surface area contributed by atoms with Gasteiger partial charge in [0.15, 0.2) is 5.78 Å². The Labute approximate surface area is 76.5 Å². The molecule has 0 bridgehead atoms. The van der Waals surface area contributed by atoms with Gasteiger partial charge in [-0.25, -0.2) is 0 Å². The molecule has 13 heavy (non-hydrogen) atoms. The van der Waals surface area contributed by atoms with E-state index < -0.39 is 18.4 Å². The van der Waals surface area contributed by atoms with E-state index in [0.717, 1.165) is 0 Å². The molecule has 1 aliphatic rings. The lowest BCUT2D eigenvalue weighted by Crippen LogP contribution is -2.33. The molecule has 0 aromatic rings. The van der Waals surface area contributed by atoms with Crippen LogP contribution in [0.15, 0.2) is 12.2 Å². The molecule has 4 nitrogen and oxygen atoms in total. The molecule has 2 atom stereocenters. The van der Waals surface area contributed by atoms with Crippen molar-refractivity contribution in [2.24, 2.45) is 0 Å². The fourth-order valence-corrected chi connectivity index (χ4v) is 1.08. The summed E-state index contributed by atoms with van der Waals surface area (Å²) in [6, 6.07) is 0. The van der Waals surface area contributed by atoms with Gasteiger partial charge in [0.1, 0.15) is 6.10 Å². The molecular formula is C9H12O4. The predicted octanol–water partition coefficient (Wildman–Crippen LogP) is 0.810. The van der Waals surface area contributed by atoms with Crippen molar-refractivity contribution in [1.82, 2.24) is 0 Å². The van der Waals surface area contributed by atoms with Crippen molar-refractivity contribution in [2.75, 3.05) is 0 Å². The molecule has 72 valence electrons. The minimum Gasteiger partial charge on any atom is -0.432 e. The number of ether oxygens (including phenoxy) is 2. The molecule has 4 heteroatoms. The van der Waals surface area contributed by atoms with E-state index in [1.54, 1.807) is 0 Å². The summed E-state index contributed by atoms with van der Waals surface area (Å²) in [7, 11) is 0. The van der Waals surface area contributed by atoms with Crippen molar-refractivity contribution in [3.05, 3.63) is 12.2 Å². The normalized spacial score (nSPS) is 27.4. The first-order valence-electron chi connectivity index (χ1n) is 4.18. The van der Waals surface area contributed by atoms with Gasteiger partial charge < -0.3 is 9.47 Å². The Morgan fingerprint density at radius 1 is 1.69 bits per heavy atom. The number of hydrogen-bond acceptors (Lipinski definition) is 4. The van der Waals surface area contributed by atoms with Gasteiger partial charge in [0, 0.05) is 6.92 Å². The van der Waals surface area contributed by atoms with Crippen LogP contribution >= 0.6 is 0 Å². The van der Waals surface area contributed by atoms with Gasteiger partial charge in [-0.05, 0) is 18.6 Å². The van der Waals surface area contributed by atoms with Crippen LogP contribution in [0.3, 0.4) is 0 Å². The van der Waals surface area contributed by atoms with Crippen molar-refractivity contribution in [3.63, 3.8) is 0 Å². The zero-order valence-electron chi connectivity index (χ0n) is 7.65. The third kappa shape index (κ3) is 2.66. The number of carbonyl (C=O) groups is 2. The van der Waals surface area contributed by atoms with Crippen molar-refractivity contribution < 1.29 is 19.1 Å². The second-order valence-electron chi connectivity index (χ2n) is 2.77. The first-order chi connectivity index (χ1) is 6.13. The van der Waals surface area contributed by atoms with Gasteiger partial charge in [-0.3, -0.25) is 9.59 Å². The number of rotatable bonds is 2. The van der Waals surface area contributed by atoms with E-state index in [0.29, 0.717) is 6.42 Å². The Balaban J connectivity index is 2.57. The molecular weight excluding hydrogens is 172 g/mol. The van der Waals surface area contributed by atoms with Crippen LogP contribution in [-0.4, -0.2) is 24.1 Å². The van der Waals surface area contributed by atoms with Crippen molar-refractivity contribution in [3.8, 4) is 0 Å². The second-order valence-corrected chi connectivity index (χ2v) is 2.77. The minimum atomic E-state index is -0.708. The molecule has 0 aromatic heterocycles.